The first kappa shape index (κ1) is 15.7. The summed E-state index contributed by atoms with van der Waals surface area (Å²) in [6, 6.07) is 10.5. The van der Waals surface area contributed by atoms with Gasteiger partial charge in [0.2, 0.25) is 0 Å². The van der Waals surface area contributed by atoms with E-state index in [-0.39, 0.29) is 5.97 Å². The second-order valence-corrected chi connectivity index (χ2v) is 5.17. The Morgan fingerprint density at radius 1 is 1.16 bits per heavy atom. The highest BCUT2D eigenvalue weighted by Gasteiger charge is 2.14. The van der Waals surface area contributed by atoms with Crippen molar-refractivity contribution in [1.82, 2.24) is 0 Å². The van der Waals surface area contributed by atoms with Crippen molar-refractivity contribution in [1.29, 1.82) is 0 Å². The summed E-state index contributed by atoms with van der Waals surface area (Å²) in [5.41, 5.74) is 1.35. The zero-order valence-corrected chi connectivity index (χ0v) is 12.2. The highest BCUT2D eigenvalue weighted by atomic mass is 16.5. The summed E-state index contributed by atoms with van der Waals surface area (Å²) in [5, 5.41) is 0. The van der Waals surface area contributed by atoms with Gasteiger partial charge in [0.05, 0.1) is 7.11 Å². The molecular weight excluding hydrogens is 236 g/mol. The molecule has 0 bridgehead atoms. The van der Waals surface area contributed by atoms with Crippen LogP contribution >= 0.6 is 0 Å². The van der Waals surface area contributed by atoms with Crippen molar-refractivity contribution >= 4 is 5.97 Å². The van der Waals surface area contributed by atoms with Gasteiger partial charge >= 0.3 is 5.97 Å². The van der Waals surface area contributed by atoms with E-state index in [1.807, 2.05) is 6.07 Å². The van der Waals surface area contributed by atoms with Gasteiger partial charge in [-0.15, -0.1) is 0 Å². The summed E-state index contributed by atoms with van der Waals surface area (Å²) in [6.07, 6.45) is 7.51. The SMILES string of the molecule is CCCCC[C@H](CCc1ccccc1)CC(=O)OC. The standard InChI is InChI=1S/C17H26O2/c1-3-4-6-11-16(14-17(18)19-2)13-12-15-9-7-5-8-10-15/h5,7-10,16H,3-4,6,11-14H2,1-2H3/t16-/m1/s1. The summed E-state index contributed by atoms with van der Waals surface area (Å²) in [7, 11) is 1.47. The van der Waals surface area contributed by atoms with E-state index in [4.69, 9.17) is 4.74 Å². The predicted octanol–water partition coefficient (Wildman–Crippen LogP) is 4.38. The quantitative estimate of drug-likeness (QED) is 0.487. The van der Waals surface area contributed by atoms with Crippen molar-refractivity contribution in [3.8, 4) is 0 Å². The van der Waals surface area contributed by atoms with Crippen molar-refractivity contribution in [2.75, 3.05) is 7.11 Å². The maximum Gasteiger partial charge on any atom is 0.305 e. The molecule has 0 saturated carbocycles. The molecule has 0 saturated heterocycles. The lowest BCUT2D eigenvalue weighted by molar-refractivity contribution is -0.141. The number of aryl methyl sites for hydroxylation is 1. The third-order valence-corrected chi connectivity index (χ3v) is 3.58. The molecule has 2 nitrogen and oxygen atoms in total. The molecule has 0 spiro atoms. The number of carbonyl (C=O) groups excluding carboxylic acids is 1. The highest BCUT2D eigenvalue weighted by molar-refractivity contribution is 5.69. The summed E-state index contributed by atoms with van der Waals surface area (Å²) < 4.78 is 4.80. The average molecular weight is 262 g/mol. The van der Waals surface area contributed by atoms with Gasteiger partial charge in [-0.1, -0.05) is 56.5 Å². The van der Waals surface area contributed by atoms with Gasteiger partial charge in [-0.05, 0) is 30.7 Å². The van der Waals surface area contributed by atoms with Crippen molar-refractivity contribution in [3.63, 3.8) is 0 Å². The van der Waals surface area contributed by atoms with E-state index in [0.717, 1.165) is 19.3 Å². The number of rotatable bonds is 9. The van der Waals surface area contributed by atoms with Crippen LogP contribution in [0, 0.1) is 5.92 Å². The van der Waals surface area contributed by atoms with Gasteiger partial charge in [0.25, 0.3) is 0 Å². The van der Waals surface area contributed by atoms with Crippen LogP contribution < -0.4 is 0 Å². The number of methoxy groups -OCH3 is 1. The molecular formula is C17H26O2. The number of esters is 1. The molecule has 1 atom stereocenters. The minimum absolute atomic E-state index is 0.0745. The Morgan fingerprint density at radius 3 is 2.53 bits per heavy atom. The fourth-order valence-electron chi connectivity index (χ4n) is 2.37. The number of unbranched alkanes of at least 4 members (excludes halogenated alkanes) is 2. The predicted molar refractivity (Wildman–Crippen MR) is 79.0 cm³/mol. The lowest BCUT2D eigenvalue weighted by Gasteiger charge is -2.15. The maximum atomic E-state index is 11.4. The zero-order chi connectivity index (χ0) is 13.9. The number of carbonyl (C=O) groups is 1. The second-order valence-electron chi connectivity index (χ2n) is 5.17. The summed E-state index contributed by atoms with van der Waals surface area (Å²) in [4.78, 5) is 11.4. The second kappa shape index (κ2) is 9.60. The first-order chi connectivity index (χ1) is 9.26. The van der Waals surface area contributed by atoms with Crippen LogP contribution in [-0.4, -0.2) is 13.1 Å². The molecule has 0 radical (unpaired) electrons. The molecule has 0 aliphatic carbocycles. The number of benzene rings is 1. The molecule has 0 fully saturated rings. The van der Waals surface area contributed by atoms with Crippen molar-refractivity contribution in [3.05, 3.63) is 35.9 Å². The van der Waals surface area contributed by atoms with Gasteiger partial charge in [0.15, 0.2) is 0 Å². The molecule has 1 aromatic rings. The van der Waals surface area contributed by atoms with E-state index in [1.54, 1.807) is 0 Å². The lowest BCUT2D eigenvalue weighted by Crippen LogP contribution is -2.11. The van der Waals surface area contributed by atoms with Crippen LogP contribution in [-0.2, 0) is 16.0 Å². The smallest absolute Gasteiger partial charge is 0.305 e. The fraction of sp³-hybridized carbons (Fsp3) is 0.588. The molecule has 1 aromatic carbocycles. The molecule has 0 aliphatic rings. The van der Waals surface area contributed by atoms with Gasteiger partial charge in [-0.2, -0.15) is 0 Å². The Morgan fingerprint density at radius 2 is 1.89 bits per heavy atom. The van der Waals surface area contributed by atoms with Crippen molar-refractivity contribution < 1.29 is 9.53 Å². The number of ether oxygens (including phenoxy) is 1. The van der Waals surface area contributed by atoms with Crippen LogP contribution in [0.4, 0.5) is 0 Å². The summed E-state index contributed by atoms with van der Waals surface area (Å²) in [5.74, 6) is 0.383. The van der Waals surface area contributed by atoms with Crippen molar-refractivity contribution in [2.24, 2.45) is 5.92 Å². The minimum Gasteiger partial charge on any atom is -0.469 e. The summed E-state index contributed by atoms with van der Waals surface area (Å²) in [6.45, 7) is 2.21. The Labute approximate surface area is 117 Å². The van der Waals surface area contributed by atoms with E-state index in [2.05, 4.69) is 31.2 Å². The topological polar surface area (TPSA) is 26.3 Å². The van der Waals surface area contributed by atoms with Crippen LogP contribution in [0.3, 0.4) is 0 Å². The van der Waals surface area contributed by atoms with Gasteiger partial charge in [-0.3, -0.25) is 4.79 Å². The highest BCUT2D eigenvalue weighted by Crippen LogP contribution is 2.20. The summed E-state index contributed by atoms with van der Waals surface area (Å²) >= 11 is 0. The van der Waals surface area contributed by atoms with Gasteiger partial charge in [0, 0.05) is 6.42 Å². The zero-order valence-electron chi connectivity index (χ0n) is 12.2. The average Bonchev–Trinajstić information content (AvgIpc) is 2.45. The Balaban J connectivity index is 2.41. The van der Waals surface area contributed by atoms with Gasteiger partial charge in [-0.25, -0.2) is 0 Å². The molecule has 106 valence electrons. The monoisotopic (exact) mass is 262 g/mol. The number of hydrogen-bond acceptors (Lipinski definition) is 2. The largest absolute Gasteiger partial charge is 0.469 e. The molecule has 0 unspecified atom stereocenters. The Bertz CT molecular complexity index is 346. The fourth-order valence-corrected chi connectivity index (χ4v) is 2.37. The van der Waals surface area contributed by atoms with Crippen LogP contribution in [0.5, 0.6) is 0 Å². The molecule has 0 N–H and O–H groups in total. The molecule has 0 aromatic heterocycles. The van der Waals surface area contributed by atoms with Crippen molar-refractivity contribution in [2.45, 2.75) is 51.9 Å². The van der Waals surface area contributed by atoms with Crippen LogP contribution in [0.2, 0.25) is 0 Å². The minimum atomic E-state index is -0.0745. The normalized spacial score (nSPS) is 12.1. The molecule has 19 heavy (non-hydrogen) atoms. The van der Waals surface area contributed by atoms with E-state index in [9.17, 15) is 4.79 Å². The third-order valence-electron chi connectivity index (χ3n) is 3.58. The van der Waals surface area contributed by atoms with E-state index in [0.29, 0.717) is 12.3 Å². The first-order valence-corrected chi connectivity index (χ1v) is 7.37. The van der Waals surface area contributed by atoms with Crippen LogP contribution in [0.1, 0.15) is 51.0 Å². The van der Waals surface area contributed by atoms with E-state index >= 15 is 0 Å². The number of hydrogen-bond donors (Lipinski definition) is 0. The molecule has 0 aliphatic heterocycles. The van der Waals surface area contributed by atoms with Gasteiger partial charge < -0.3 is 4.74 Å². The van der Waals surface area contributed by atoms with Crippen LogP contribution in [0.25, 0.3) is 0 Å². The molecule has 2 heteroatoms. The maximum absolute atomic E-state index is 11.4. The van der Waals surface area contributed by atoms with Gasteiger partial charge in [0.1, 0.15) is 0 Å². The lowest BCUT2D eigenvalue weighted by atomic mass is 9.91. The molecule has 1 rings (SSSR count). The third kappa shape index (κ3) is 7.00. The Kier molecular flexibility index (Phi) is 7.95. The van der Waals surface area contributed by atoms with E-state index < -0.39 is 0 Å². The van der Waals surface area contributed by atoms with Crippen LogP contribution in [0.15, 0.2) is 30.3 Å². The Hall–Kier alpha value is -1.31. The first-order valence-electron chi connectivity index (χ1n) is 7.37. The van der Waals surface area contributed by atoms with E-state index in [1.165, 1.54) is 31.9 Å². The molecule has 0 heterocycles. The molecule has 0 amide bonds.